The van der Waals surface area contributed by atoms with E-state index >= 15 is 0 Å². The lowest BCUT2D eigenvalue weighted by molar-refractivity contribution is -0.133. The van der Waals surface area contributed by atoms with E-state index in [0.717, 1.165) is 36.3 Å². The molecule has 1 fully saturated rings. The van der Waals surface area contributed by atoms with Crippen LogP contribution in [0.5, 0.6) is 5.75 Å². The smallest absolute Gasteiger partial charge is 0.225 e. The van der Waals surface area contributed by atoms with Crippen molar-refractivity contribution in [3.8, 4) is 5.75 Å². The first kappa shape index (κ1) is 14.9. The predicted molar refractivity (Wildman–Crippen MR) is 77.7 cm³/mol. The molecule has 1 aliphatic rings. The molecular formula is C16H23NO3. The third-order valence-electron chi connectivity index (χ3n) is 3.88. The number of carbonyl (C=O) groups is 1. The van der Waals surface area contributed by atoms with E-state index in [0.29, 0.717) is 6.54 Å². The molecule has 0 radical (unpaired) electrons. The summed E-state index contributed by atoms with van der Waals surface area (Å²) in [6, 6.07) is 5.99. The van der Waals surface area contributed by atoms with Crippen molar-refractivity contribution in [3.63, 3.8) is 0 Å². The molecule has 1 saturated heterocycles. The second-order valence-corrected chi connectivity index (χ2v) is 5.35. The van der Waals surface area contributed by atoms with Crippen LogP contribution in [-0.4, -0.2) is 25.7 Å². The predicted octanol–water partition coefficient (Wildman–Crippen LogP) is 2.43. The van der Waals surface area contributed by atoms with Crippen LogP contribution in [0.3, 0.4) is 0 Å². The Bertz CT molecular complexity index is 473. The zero-order valence-corrected chi connectivity index (χ0v) is 12.4. The van der Waals surface area contributed by atoms with Crippen LogP contribution in [0.25, 0.3) is 0 Å². The summed E-state index contributed by atoms with van der Waals surface area (Å²) in [5, 5.41) is 3.00. The third-order valence-corrected chi connectivity index (χ3v) is 3.88. The van der Waals surface area contributed by atoms with Crippen LogP contribution in [0.1, 0.15) is 30.9 Å². The number of ether oxygens (including phenoxy) is 2. The normalized spacial score (nSPS) is 22.4. The van der Waals surface area contributed by atoms with Crippen LogP contribution < -0.4 is 10.1 Å². The maximum atomic E-state index is 12.2. The van der Waals surface area contributed by atoms with E-state index in [1.807, 2.05) is 32.0 Å². The van der Waals surface area contributed by atoms with Crippen LogP contribution in [0.4, 0.5) is 0 Å². The second kappa shape index (κ2) is 6.75. The second-order valence-electron chi connectivity index (χ2n) is 5.35. The highest BCUT2D eigenvalue weighted by Crippen LogP contribution is 2.21. The van der Waals surface area contributed by atoms with Crippen molar-refractivity contribution in [1.29, 1.82) is 0 Å². The Morgan fingerprint density at radius 2 is 2.30 bits per heavy atom. The van der Waals surface area contributed by atoms with Crippen LogP contribution in [0.15, 0.2) is 18.2 Å². The van der Waals surface area contributed by atoms with Gasteiger partial charge in [0.15, 0.2) is 0 Å². The summed E-state index contributed by atoms with van der Waals surface area (Å²) in [7, 11) is 1.66. The summed E-state index contributed by atoms with van der Waals surface area (Å²) in [5.41, 5.74) is 2.14. The molecule has 1 aliphatic heterocycles. The van der Waals surface area contributed by atoms with Crippen molar-refractivity contribution in [2.24, 2.45) is 5.92 Å². The van der Waals surface area contributed by atoms with Crippen molar-refractivity contribution in [1.82, 2.24) is 5.32 Å². The van der Waals surface area contributed by atoms with E-state index in [2.05, 4.69) is 5.32 Å². The van der Waals surface area contributed by atoms with Gasteiger partial charge in [0.2, 0.25) is 5.91 Å². The number of amides is 1. The first-order chi connectivity index (χ1) is 9.61. The molecule has 2 atom stereocenters. The zero-order chi connectivity index (χ0) is 14.5. The lowest BCUT2D eigenvalue weighted by Gasteiger charge is -2.28. The third kappa shape index (κ3) is 3.51. The molecule has 1 amide bonds. The molecule has 4 nitrogen and oxygen atoms in total. The zero-order valence-electron chi connectivity index (χ0n) is 12.4. The van der Waals surface area contributed by atoms with E-state index in [1.165, 1.54) is 0 Å². The Balaban J connectivity index is 1.92. The Hall–Kier alpha value is -1.55. The highest BCUT2D eigenvalue weighted by molar-refractivity contribution is 5.79. The summed E-state index contributed by atoms with van der Waals surface area (Å²) in [5.74, 6) is 0.902. The Labute approximate surface area is 120 Å². The molecule has 0 spiro atoms. The van der Waals surface area contributed by atoms with E-state index in [4.69, 9.17) is 9.47 Å². The molecule has 0 saturated carbocycles. The van der Waals surface area contributed by atoms with Gasteiger partial charge in [0, 0.05) is 13.2 Å². The largest absolute Gasteiger partial charge is 0.496 e. The molecule has 4 heteroatoms. The van der Waals surface area contributed by atoms with Gasteiger partial charge in [-0.3, -0.25) is 4.79 Å². The highest BCUT2D eigenvalue weighted by Gasteiger charge is 2.28. The molecule has 0 bridgehead atoms. The average Bonchev–Trinajstić information content (AvgIpc) is 2.46. The quantitative estimate of drug-likeness (QED) is 0.919. The van der Waals surface area contributed by atoms with E-state index in [1.54, 1.807) is 7.11 Å². The molecular weight excluding hydrogens is 254 g/mol. The van der Waals surface area contributed by atoms with Gasteiger partial charge >= 0.3 is 0 Å². The van der Waals surface area contributed by atoms with Gasteiger partial charge in [0.05, 0.1) is 19.1 Å². The average molecular weight is 277 g/mol. The van der Waals surface area contributed by atoms with Crippen molar-refractivity contribution < 1.29 is 14.3 Å². The lowest BCUT2D eigenvalue weighted by Crippen LogP contribution is -2.39. The Morgan fingerprint density at radius 3 is 3.00 bits per heavy atom. The maximum Gasteiger partial charge on any atom is 0.225 e. The molecule has 1 aromatic rings. The number of benzene rings is 1. The Morgan fingerprint density at radius 1 is 1.50 bits per heavy atom. The minimum Gasteiger partial charge on any atom is -0.496 e. The fourth-order valence-electron chi connectivity index (χ4n) is 2.56. The SMILES string of the molecule is COc1cc(CNC(=O)C2CCCOC2C)ccc1C. The molecule has 2 rings (SSSR count). The van der Waals surface area contributed by atoms with E-state index in [-0.39, 0.29) is 17.9 Å². The minimum absolute atomic E-state index is 0.0105. The molecule has 0 aromatic heterocycles. The summed E-state index contributed by atoms with van der Waals surface area (Å²) in [6.45, 7) is 5.26. The molecule has 110 valence electrons. The molecule has 20 heavy (non-hydrogen) atoms. The number of methoxy groups -OCH3 is 1. The number of aryl methyl sites for hydroxylation is 1. The molecule has 1 aromatic carbocycles. The lowest BCUT2D eigenvalue weighted by atomic mass is 9.94. The molecule has 2 unspecified atom stereocenters. The number of carbonyl (C=O) groups excluding carboxylic acids is 1. The summed E-state index contributed by atoms with van der Waals surface area (Å²) in [6.07, 6.45) is 1.88. The van der Waals surface area contributed by atoms with Gasteiger partial charge in [0.25, 0.3) is 0 Å². The van der Waals surface area contributed by atoms with Gasteiger partial charge in [0.1, 0.15) is 5.75 Å². The molecule has 1 N–H and O–H groups in total. The maximum absolute atomic E-state index is 12.2. The summed E-state index contributed by atoms with van der Waals surface area (Å²) in [4.78, 5) is 12.2. The number of hydrogen-bond acceptors (Lipinski definition) is 3. The first-order valence-electron chi connectivity index (χ1n) is 7.14. The number of nitrogens with one attached hydrogen (secondary N) is 1. The summed E-state index contributed by atoms with van der Waals surface area (Å²) < 4.78 is 10.8. The fraction of sp³-hybridized carbons (Fsp3) is 0.562. The standard InChI is InChI=1S/C16H23NO3/c1-11-6-7-13(9-15(11)19-3)10-17-16(18)14-5-4-8-20-12(14)2/h6-7,9,12,14H,4-5,8,10H2,1-3H3,(H,17,18). The van der Waals surface area contributed by atoms with Crippen molar-refractivity contribution in [2.75, 3.05) is 13.7 Å². The fourth-order valence-corrected chi connectivity index (χ4v) is 2.56. The van der Waals surface area contributed by atoms with Gasteiger partial charge in [-0.25, -0.2) is 0 Å². The van der Waals surface area contributed by atoms with Gasteiger partial charge in [-0.1, -0.05) is 12.1 Å². The van der Waals surface area contributed by atoms with Crippen molar-refractivity contribution in [3.05, 3.63) is 29.3 Å². The highest BCUT2D eigenvalue weighted by atomic mass is 16.5. The van der Waals surface area contributed by atoms with Gasteiger partial charge in [-0.05, 0) is 43.9 Å². The van der Waals surface area contributed by atoms with Crippen molar-refractivity contribution >= 4 is 5.91 Å². The van der Waals surface area contributed by atoms with Crippen molar-refractivity contribution in [2.45, 2.75) is 39.3 Å². The summed E-state index contributed by atoms with van der Waals surface area (Å²) >= 11 is 0. The molecule has 0 aliphatic carbocycles. The van der Waals surface area contributed by atoms with Gasteiger partial charge < -0.3 is 14.8 Å². The number of rotatable bonds is 4. The minimum atomic E-state index is -0.0314. The first-order valence-corrected chi connectivity index (χ1v) is 7.14. The monoisotopic (exact) mass is 277 g/mol. The Kier molecular flexibility index (Phi) is 5.01. The topological polar surface area (TPSA) is 47.6 Å². The van der Waals surface area contributed by atoms with E-state index in [9.17, 15) is 4.79 Å². The molecule has 1 heterocycles. The van der Waals surface area contributed by atoms with Gasteiger partial charge in [-0.2, -0.15) is 0 Å². The van der Waals surface area contributed by atoms with Gasteiger partial charge in [-0.15, -0.1) is 0 Å². The van der Waals surface area contributed by atoms with Crippen LogP contribution in [-0.2, 0) is 16.1 Å². The van der Waals surface area contributed by atoms with Crippen LogP contribution >= 0.6 is 0 Å². The van der Waals surface area contributed by atoms with Crippen LogP contribution in [0.2, 0.25) is 0 Å². The van der Waals surface area contributed by atoms with E-state index < -0.39 is 0 Å². The van der Waals surface area contributed by atoms with Crippen LogP contribution in [0, 0.1) is 12.8 Å². The number of hydrogen-bond donors (Lipinski definition) is 1.